The number of hydrogen-bond donors (Lipinski definition) is 0. The number of allylic oxidation sites excluding steroid dienone is 1. The molecule has 4 rings (SSSR count). The van der Waals surface area contributed by atoms with E-state index >= 15 is 0 Å². The van der Waals surface area contributed by atoms with Crippen molar-refractivity contribution in [2.75, 3.05) is 20.8 Å². The van der Waals surface area contributed by atoms with Crippen LogP contribution in [0.1, 0.15) is 43.9 Å². The summed E-state index contributed by atoms with van der Waals surface area (Å²) < 4.78 is 18.2. The highest BCUT2D eigenvalue weighted by molar-refractivity contribution is 7.07. The van der Waals surface area contributed by atoms with Crippen molar-refractivity contribution in [2.24, 2.45) is 4.99 Å². The van der Waals surface area contributed by atoms with E-state index in [-0.39, 0.29) is 12.2 Å². The molecule has 194 valence electrons. The van der Waals surface area contributed by atoms with Gasteiger partial charge in [0, 0.05) is 10.6 Å². The largest absolute Gasteiger partial charge is 0.496 e. The number of carbonyl (C=O) groups excluding carboxylic acids is 1. The minimum atomic E-state index is -0.827. The highest BCUT2D eigenvalue weighted by Crippen LogP contribution is 2.38. The van der Waals surface area contributed by atoms with Gasteiger partial charge in [0.25, 0.3) is 5.56 Å². The topological polar surface area (TPSA) is 79.1 Å². The minimum Gasteiger partial charge on any atom is -0.496 e. The molecular weight excluding hydrogens is 535 g/mol. The number of hydrogen-bond acceptors (Lipinski definition) is 7. The number of benzene rings is 2. The predicted octanol–water partition coefficient (Wildman–Crippen LogP) is 4.90. The second-order valence-corrected chi connectivity index (χ2v) is 10.0. The van der Waals surface area contributed by atoms with E-state index < -0.39 is 12.0 Å². The van der Waals surface area contributed by atoms with Crippen LogP contribution in [0.5, 0.6) is 11.5 Å². The van der Waals surface area contributed by atoms with Gasteiger partial charge in [-0.25, -0.2) is 9.79 Å². The molecule has 0 N–H and O–H groups in total. The monoisotopic (exact) mass is 560 g/mol. The maximum absolute atomic E-state index is 13.9. The Hall–Kier alpha value is -3.07. The van der Waals surface area contributed by atoms with Gasteiger partial charge in [0.05, 0.1) is 41.7 Å². The number of methoxy groups -OCH3 is 2. The Labute approximate surface area is 228 Å². The van der Waals surface area contributed by atoms with Crippen LogP contribution >= 0.6 is 34.5 Å². The van der Waals surface area contributed by atoms with Gasteiger partial charge in [0.1, 0.15) is 17.5 Å². The van der Waals surface area contributed by atoms with E-state index in [2.05, 4.69) is 0 Å². The molecule has 1 aliphatic rings. The summed E-state index contributed by atoms with van der Waals surface area (Å²) in [4.78, 5) is 32.4. The molecule has 10 heteroatoms. The molecule has 1 aliphatic heterocycles. The van der Waals surface area contributed by atoms with Gasteiger partial charge in [0.15, 0.2) is 4.80 Å². The first-order chi connectivity index (χ1) is 17.8. The zero-order chi connectivity index (χ0) is 26.7. The number of esters is 1. The number of halogens is 2. The summed E-state index contributed by atoms with van der Waals surface area (Å²) in [5, 5.41) is 0.878. The zero-order valence-electron chi connectivity index (χ0n) is 20.8. The fourth-order valence-corrected chi connectivity index (χ4v) is 5.72. The zero-order valence-corrected chi connectivity index (χ0v) is 23.2. The Bertz CT molecular complexity index is 1560. The summed E-state index contributed by atoms with van der Waals surface area (Å²) >= 11 is 13.9. The first-order valence-corrected chi connectivity index (χ1v) is 13.3. The minimum absolute atomic E-state index is 0.184. The van der Waals surface area contributed by atoms with Crippen LogP contribution in [0.3, 0.4) is 0 Å². The van der Waals surface area contributed by atoms with Crippen LogP contribution in [-0.4, -0.2) is 31.4 Å². The fraction of sp³-hybridized carbons (Fsp3) is 0.296. The van der Waals surface area contributed by atoms with Crippen molar-refractivity contribution in [3.05, 3.63) is 88.5 Å². The molecule has 1 aromatic heterocycles. The van der Waals surface area contributed by atoms with Crippen molar-refractivity contribution in [3.63, 3.8) is 0 Å². The molecule has 0 radical (unpaired) electrons. The number of carbonyl (C=O) groups is 1. The molecule has 0 fully saturated rings. The van der Waals surface area contributed by atoms with E-state index in [9.17, 15) is 9.59 Å². The quantitative estimate of drug-likeness (QED) is 0.366. The van der Waals surface area contributed by atoms with Crippen molar-refractivity contribution >= 4 is 46.6 Å². The van der Waals surface area contributed by atoms with Crippen molar-refractivity contribution < 1.29 is 19.0 Å². The third kappa shape index (κ3) is 5.32. The normalized spacial score (nSPS) is 15.3. The number of fused-ring (bicyclic) bond motifs is 1. The lowest BCUT2D eigenvalue weighted by atomic mass is 9.93. The Morgan fingerprint density at radius 1 is 1.11 bits per heavy atom. The van der Waals surface area contributed by atoms with E-state index in [0.717, 1.165) is 12.0 Å². The fourth-order valence-electron chi connectivity index (χ4n) is 4.26. The second kappa shape index (κ2) is 11.5. The number of ether oxygens (including phenoxy) is 3. The molecule has 0 spiro atoms. The Kier molecular flexibility index (Phi) is 8.42. The predicted molar refractivity (Wildman–Crippen MR) is 146 cm³/mol. The van der Waals surface area contributed by atoms with Gasteiger partial charge in [-0.1, -0.05) is 53.9 Å². The maximum atomic E-state index is 13.9. The van der Waals surface area contributed by atoms with Gasteiger partial charge in [0.2, 0.25) is 0 Å². The van der Waals surface area contributed by atoms with E-state index in [1.165, 1.54) is 30.1 Å². The summed E-state index contributed by atoms with van der Waals surface area (Å²) in [6.07, 6.45) is 3.03. The summed E-state index contributed by atoms with van der Waals surface area (Å²) in [7, 11) is 3.07. The molecule has 0 saturated carbocycles. The van der Waals surface area contributed by atoms with Crippen LogP contribution in [0.2, 0.25) is 10.0 Å². The molecule has 7 nitrogen and oxygen atoms in total. The number of rotatable bonds is 8. The molecular formula is C27H26Cl2N2O5S. The molecule has 0 unspecified atom stereocenters. The Morgan fingerprint density at radius 3 is 2.49 bits per heavy atom. The average molecular weight is 561 g/mol. The summed E-state index contributed by atoms with van der Waals surface area (Å²) in [5.74, 6) is 0.500. The first-order valence-electron chi connectivity index (χ1n) is 11.7. The highest BCUT2D eigenvalue weighted by Gasteiger charge is 2.36. The smallest absolute Gasteiger partial charge is 0.338 e. The summed E-state index contributed by atoms with van der Waals surface area (Å²) in [5.41, 5.74) is 1.87. The number of nitrogens with zero attached hydrogens (tertiary/aromatic N) is 2. The number of aromatic nitrogens is 1. The summed E-state index contributed by atoms with van der Waals surface area (Å²) in [6.45, 7) is 3.93. The molecule has 0 amide bonds. The Balaban J connectivity index is 2.03. The lowest BCUT2D eigenvalue weighted by Gasteiger charge is -2.27. The van der Waals surface area contributed by atoms with E-state index in [0.29, 0.717) is 54.1 Å². The van der Waals surface area contributed by atoms with Crippen molar-refractivity contribution in [2.45, 2.75) is 32.7 Å². The number of thiazole rings is 1. The van der Waals surface area contributed by atoms with Gasteiger partial charge in [-0.3, -0.25) is 9.36 Å². The van der Waals surface area contributed by atoms with Crippen LogP contribution < -0.4 is 24.4 Å². The average Bonchev–Trinajstić information content (AvgIpc) is 3.18. The molecule has 2 heterocycles. The molecule has 0 saturated heterocycles. The first kappa shape index (κ1) is 27.0. The van der Waals surface area contributed by atoms with Gasteiger partial charge in [-0.2, -0.15) is 0 Å². The maximum Gasteiger partial charge on any atom is 0.338 e. The van der Waals surface area contributed by atoms with Gasteiger partial charge < -0.3 is 14.2 Å². The van der Waals surface area contributed by atoms with E-state index in [1.54, 1.807) is 43.3 Å². The molecule has 37 heavy (non-hydrogen) atoms. The molecule has 0 bridgehead atoms. The lowest BCUT2D eigenvalue weighted by Crippen LogP contribution is -2.40. The van der Waals surface area contributed by atoms with Gasteiger partial charge in [-0.15, -0.1) is 0 Å². The second-order valence-electron chi connectivity index (χ2n) is 8.19. The van der Waals surface area contributed by atoms with Crippen LogP contribution in [-0.2, 0) is 9.53 Å². The van der Waals surface area contributed by atoms with E-state index in [1.807, 2.05) is 13.0 Å². The standard InChI is InChI=1S/C27H26Cl2N2O5S/c1-5-7-19-23(26(33)36-6-2)24(17-14-16(28)9-11-20(17)34-3)31-25(32)22(37-27(31)30-19)13-15-8-10-21(35-4)18(29)12-15/h8-14,24H,5-7H2,1-4H3/b22-13-/t24-/m1/s1. The van der Waals surface area contributed by atoms with Crippen LogP contribution in [0.4, 0.5) is 0 Å². The third-order valence-corrected chi connectivity index (χ3v) is 7.37. The highest BCUT2D eigenvalue weighted by atomic mass is 35.5. The van der Waals surface area contributed by atoms with E-state index in [4.69, 9.17) is 42.4 Å². The van der Waals surface area contributed by atoms with Crippen molar-refractivity contribution in [1.82, 2.24) is 4.57 Å². The van der Waals surface area contributed by atoms with Gasteiger partial charge in [-0.05, 0) is 55.3 Å². The van der Waals surface area contributed by atoms with Crippen LogP contribution in [0, 0.1) is 0 Å². The van der Waals surface area contributed by atoms with Crippen molar-refractivity contribution in [1.29, 1.82) is 0 Å². The molecule has 3 aromatic rings. The van der Waals surface area contributed by atoms with Crippen LogP contribution in [0.25, 0.3) is 6.08 Å². The molecule has 2 aromatic carbocycles. The Morgan fingerprint density at radius 2 is 1.84 bits per heavy atom. The molecule has 0 aliphatic carbocycles. The van der Waals surface area contributed by atoms with Crippen molar-refractivity contribution in [3.8, 4) is 11.5 Å². The lowest BCUT2D eigenvalue weighted by molar-refractivity contribution is -0.139. The van der Waals surface area contributed by atoms with Crippen LogP contribution in [0.15, 0.2) is 57.5 Å². The molecule has 1 atom stereocenters. The summed E-state index contributed by atoms with van der Waals surface area (Å²) in [6, 6.07) is 9.57. The third-order valence-electron chi connectivity index (χ3n) is 5.85. The SMILES string of the molecule is CCCC1=C(C(=O)OCC)[C@@H](c2cc(Cl)ccc2OC)n2c(s/c(=C\c3ccc(OC)c(Cl)c3)c2=O)=N1. The van der Waals surface area contributed by atoms with Gasteiger partial charge >= 0.3 is 5.97 Å².